The largest absolute Gasteiger partial charge is 0.384 e. The number of carbonyl (C=O) groups excluding carboxylic acids is 1. The topological polar surface area (TPSA) is 50.4 Å². The molecule has 0 aromatic carbocycles. The molecule has 1 aliphatic carbocycles. The number of ether oxygens (including phenoxy) is 1. The van der Waals surface area contributed by atoms with Crippen LogP contribution >= 0.6 is 0 Å². The molecule has 0 atom stereocenters. The van der Waals surface area contributed by atoms with Crippen molar-refractivity contribution in [1.29, 1.82) is 0 Å². The molecular weight excluding hydrogens is 276 g/mol. The summed E-state index contributed by atoms with van der Waals surface area (Å²) in [7, 11) is 1.70. The number of nitrogens with one attached hydrogen (secondary N) is 2. The lowest BCUT2D eigenvalue weighted by atomic mass is 9.77. The molecule has 0 unspecified atom stereocenters. The molecule has 2 N–H and O–H groups in total. The van der Waals surface area contributed by atoms with Crippen molar-refractivity contribution < 1.29 is 9.53 Å². The van der Waals surface area contributed by atoms with E-state index in [4.69, 9.17) is 4.74 Å². The van der Waals surface area contributed by atoms with Crippen LogP contribution in [0.1, 0.15) is 64.7 Å². The summed E-state index contributed by atoms with van der Waals surface area (Å²) in [6, 6.07) is 0.383. The molecule has 128 valence electrons. The fourth-order valence-electron chi connectivity index (χ4n) is 4.05. The van der Waals surface area contributed by atoms with Crippen molar-refractivity contribution in [1.82, 2.24) is 10.6 Å². The van der Waals surface area contributed by atoms with E-state index in [2.05, 4.69) is 17.6 Å². The molecule has 4 heteroatoms. The number of hydrogen-bond donors (Lipinski definition) is 2. The standard InChI is InChI=1S/C18H34N2O2/c1-3-4-5-15-6-8-16(9-7-15)20-17(21)18(14-22-2)10-12-19-13-11-18/h15-16,19H,3-14H2,1-2H3,(H,20,21). The van der Waals surface area contributed by atoms with Gasteiger partial charge in [-0.15, -0.1) is 0 Å². The maximum Gasteiger partial charge on any atom is 0.228 e. The van der Waals surface area contributed by atoms with E-state index < -0.39 is 0 Å². The highest BCUT2D eigenvalue weighted by Crippen LogP contribution is 2.32. The van der Waals surface area contributed by atoms with Gasteiger partial charge >= 0.3 is 0 Å². The lowest BCUT2D eigenvalue weighted by Crippen LogP contribution is -2.52. The van der Waals surface area contributed by atoms with Gasteiger partial charge in [0.15, 0.2) is 0 Å². The molecule has 4 nitrogen and oxygen atoms in total. The summed E-state index contributed by atoms with van der Waals surface area (Å²) in [6.07, 6.45) is 10.7. The van der Waals surface area contributed by atoms with Gasteiger partial charge in [-0.25, -0.2) is 0 Å². The first kappa shape index (κ1) is 17.7. The molecule has 1 saturated carbocycles. The number of methoxy groups -OCH3 is 1. The van der Waals surface area contributed by atoms with Gasteiger partial charge < -0.3 is 15.4 Å². The minimum atomic E-state index is -0.306. The Hall–Kier alpha value is -0.610. The van der Waals surface area contributed by atoms with Gasteiger partial charge in [0, 0.05) is 13.2 Å². The van der Waals surface area contributed by atoms with E-state index in [9.17, 15) is 4.79 Å². The number of piperidine rings is 1. The van der Waals surface area contributed by atoms with Crippen LogP contribution in [0, 0.1) is 11.3 Å². The van der Waals surface area contributed by atoms with E-state index >= 15 is 0 Å². The molecule has 0 radical (unpaired) electrons. The van der Waals surface area contributed by atoms with Gasteiger partial charge in [0.25, 0.3) is 0 Å². The molecule has 1 saturated heterocycles. The van der Waals surface area contributed by atoms with Gasteiger partial charge in [-0.05, 0) is 57.5 Å². The van der Waals surface area contributed by atoms with Crippen molar-refractivity contribution in [3.8, 4) is 0 Å². The summed E-state index contributed by atoms with van der Waals surface area (Å²) in [5.74, 6) is 1.12. The zero-order valence-electron chi connectivity index (χ0n) is 14.5. The summed E-state index contributed by atoms with van der Waals surface area (Å²) in [5.41, 5.74) is -0.306. The average molecular weight is 310 g/mol. The normalized spacial score (nSPS) is 28.3. The van der Waals surface area contributed by atoms with Crippen LogP contribution in [0.25, 0.3) is 0 Å². The Labute approximate surface area is 135 Å². The molecule has 1 heterocycles. The van der Waals surface area contributed by atoms with Crippen LogP contribution in [0.5, 0.6) is 0 Å². The number of amides is 1. The number of hydrogen-bond acceptors (Lipinski definition) is 3. The molecule has 0 spiro atoms. The first-order chi connectivity index (χ1) is 10.7. The first-order valence-electron chi connectivity index (χ1n) is 9.21. The van der Waals surface area contributed by atoms with E-state index in [0.29, 0.717) is 12.6 Å². The van der Waals surface area contributed by atoms with E-state index in [-0.39, 0.29) is 11.3 Å². The molecule has 1 amide bonds. The van der Waals surface area contributed by atoms with Crippen LogP contribution in [-0.4, -0.2) is 38.8 Å². The molecule has 2 aliphatic rings. The Morgan fingerprint density at radius 2 is 1.91 bits per heavy atom. The van der Waals surface area contributed by atoms with Crippen molar-refractivity contribution in [3.63, 3.8) is 0 Å². The highest BCUT2D eigenvalue weighted by molar-refractivity contribution is 5.83. The molecule has 0 bridgehead atoms. The molecule has 0 aromatic heterocycles. The van der Waals surface area contributed by atoms with Crippen molar-refractivity contribution in [2.24, 2.45) is 11.3 Å². The molecule has 1 aliphatic heterocycles. The van der Waals surface area contributed by atoms with Crippen molar-refractivity contribution in [2.45, 2.75) is 70.8 Å². The summed E-state index contributed by atoms with van der Waals surface area (Å²) in [4.78, 5) is 12.8. The van der Waals surface area contributed by atoms with Crippen LogP contribution in [0.2, 0.25) is 0 Å². The minimum absolute atomic E-state index is 0.229. The van der Waals surface area contributed by atoms with Gasteiger partial charge in [-0.1, -0.05) is 26.2 Å². The maximum atomic E-state index is 12.8. The Morgan fingerprint density at radius 1 is 1.23 bits per heavy atom. The van der Waals surface area contributed by atoms with Gasteiger partial charge in [-0.3, -0.25) is 4.79 Å². The summed E-state index contributed by atoms with van der Waals surface area (Å²) < 4.78 is 5.37. The van der Waals surface area contributed by atoms with Crippen LogP contribution in [0.3, 0.4) is 0 Å². The Balaban J connectivity index is 1.81. The minimum Gasteiger partial charge on any atom is -0.384 e. The predicted octanol–water partition coefficient (Wildman–Crippen LogP) is 2.87. The fourth-order valence-corrected chi connectivity index (χ4v) is 4.05. The van der Waals surface area contributed by atoms with Crippen molar-refractivity contribution >= 4 is 5.91 Å². The van der Waals surface area contributed by atoms with E-state index in [0.717, 1.165) is 44.7 Å². The monoisotopic (exact) mass is 310 g/mol. The second-order valence-corrected chi connectivity index (χ2v) is 7.30. The van der Waals surface area contributed by atoms with Gasteiger partial charge in [0.1, 0.15) is 0 Å². The number of unbranched alkanes of at least 4 members (excludes halogenated alkanes) is 1. The molecular formula is C18H34N2O2. The number of rotatable bonds is 7. The first-order valence-corrected chi connectivity index (χ1v) is 9.21. The zero-order chi connectivity index (χ0) is 15.8. The zero-order valence-corrected chi connectivity index (χ0v) is 14.5. The molecule has 0 aromatic rings. The summed E-state index contributed by atoms with van der Waals surface area (Å²) in [5, 5.41) is 6.69. The summed E-state index contributed by atoms with van der Waals surface area (Å²) in [6.45, 7) is 4.65. The van der Waals surface area contributed by atoms with Crippen LogP contribution in [0.15, 0.2) is 0 Å². The second kappa shape index (κ2) is 8.88. The van der Waals surface area contributed by atoms with Crippen molar-refractivity contribution in [2.75, 3.05) is 26.8 Å². The third-order valence-corrected chi connectivity index (χ3v) is 5.61. The smallest absolute Gasteiger partial charge is 0.228 e. The predicted molar refractivity (Wildman–Crippen MR) is 89.8 cm³/mol. The Kier molecular flexibility index (Phi) is 7.16. The van der Waals surface area contributed by atoms with E-state index in [1.165, 1.54) is 32.1 Å². The third kappa shape index (κ3) is 4.69. The highest BCUT2D eigenvalue weighted by Gasteiger charge is 2.40. The number of carbonyl (C=O) groups is 1. The lowest BCUT2D eigenvalue weighted by molar-refractivity contribution is -0.137. The Morgan fingerprint density at radius 3 is 2.50 bits per heavy atom. The third-order valence-electron chi connectivity index (χ3n) is 5.61. The van der Waals surface area contributed by atoms with Gasteiger partial charge in [0.2, 0.25) is 5.91 Å². The molecule has 22 heavy (non-hydrogen) atoms. The van der Waals surface area contributed by atoms with Gasteiger partial charge in [-0.2, -0.15) is 0 Å². The van der Waals surface area contributed by atoms with Crippen LogP contribution in [-0.2, 0) is 9.53 Å². The SMILES string of the molecule is CCCCC1CCC(NC(=O)C2(COC)CCNCC2)CC1. The average Bonchev–Trinajstić information content (AvgIpc) is 2.55. The fraction of sp³-hybridized carbons (Fsp3) is 0.944. The lowest BCUT2D eigenvalue weighted by Gasteiger charge is -2.38. The second-order valence-electron chi connectivity index (χ2n) is 7.30. The Bertz CT molecular complexity index is 326. The van der Waals surface area contributed by atoms with Crippen LogP contribution < -0.4 is 10.6 Å². The molecule has 2 rings (SSSR count). The summed E-state index contributed by atoms with van der Waals surface area (Å²) >= 11 is 0. The van der Waals surface area contributed by atoms with Crippen molar-refractivity contribution in [3.05, 3.63) is 0 Å². The molecule has 2 fully saturated rings. The maximum absolute atomic E-state index is 12.8. The van der Waals surface area contributed by atoms with E-state index in [1.807, 2.05) is 0 Å². The van der Waals surface area contributed by atoms with E-state index in [1.54, 1.807) is 7.11 Å². The van der Waals surface area contributed by atoms with Crippen LogP contribution in [0.4, 0.5) is 0 Å². The quantitative estimate of drug-likeness (QED) is 0.760. The highest BCUT2D eigenvalue weighted by atomic mass is 16.5. The van der Waals surface area contributed by atoms with Gasteiger partial charge in [0.05, 0.1) is 12.0 Å².